The van der Waals surface area contributed by atoms with E-state index in [9.17, 15) is 9.59 Å². The van der Waals surface area contributed by atoms with Gasteiger partial charge in [0.25, 0.3) is 0 Å². The second kappa shape index (κ2) is 9.26. The highest BCUT2D eigenvalue weighted by Crippen LogP contribution is 2.15. The highest BCUT2D eigenvalue weighted by molar-refractivity contribution is 6.30. The number of nitrogens with zero attached hydrogens (tertiary/aromatic N) is 1. The van der Waals surface area contributed by atoms with Crippen LogP contribution in [0.2, 0.25) is 5.02 Å². The topological polar surface area (TPSA) is 82.0 Å². The minimum atomic E-state index is -0.385. The lowest BCUT2D eigenvalue weighted by Crippen LogP contribution is -2.21. The van der Waals surface area contributed by atoms with Gasteiger partial charge in [-0.05, 0) is 35.4 Å². The predicted octanol–water partition coefficient (Wildman–Crippen LogP) is 3.52. The number of nitrogens with one attached hydrogen (secondary N) is 2. The molecule has 0 fully saturated rings. The highest BCUT2D eigenvalue weighted by Gasteiger charge is 2.06. The standard InChI is InChI=1S/C19H16ClN3O2/c20-16-8-5-14(6-9-16)7-10-18(24)22-13-15-3-1-2-4-17(15)23-19(25)11-12-21/h1-10H,11,13H2,(H,22,24)(H,23,25)/b10-7+. The van der Waals surface area contributed by atoms with Crippen LogP contribution in [0.1, 0.15) is 17.5 Å². The van der Waals surface area contributed by atoms with Crippen molar-refractivity contribution in [2.45, 2.75) is 13.0 Å². The Labute approximate surface area is 150 Å². The van der Waals surface area contributed by atoms with Crippen molar-refractivity contribution in [2.75, 3.05) is 5.32 Å². The van der Waals surface area contributed by atoms with Crippen LogP contribution in [0.3, 0.4) is 0 Å². The van der Waals surface area contributed by atoms with E-state index in [-0.39, 0.29) is 24.8 Å². The summed E-state index contributed by atoms with van der Waals surface area (Å²) in [5, 5.41) is 14.6. The average Bonchev–Trinajstić information content (AvgIpc) is 2.60. The molecule has 0 bridgehead atoms. The minimum absolute atomic E-state index is 0.218. The average molecular weight is 354 g/mol. The third kappa shape index (κ3) is 6.13. The normalized spacial score (nSPS) is 10.2. The summed E-state index contributed by atoms with van der Waals surface area (Å²) in [4.78, 5) is 23.5. The van der Waals surface area contributed by atoms with E-state index < -0.39 is 0 Å². The zero-order chi connectivity index (χ0) is 18.1. The first kappa shape index (κ1) is 18.2. The number of carbonyl (C=O) groups excluding carboxylic acids is 2. The van der Waals surface area contributed by atoms with Gasteiger partial charge in [0.05, 0.1) is 6.07 Å². The van der Waals surface area contributed by atoms with Gasteiger partial charge in [-0.1, -0.05) is 41.9 Å². The third-order valence-electron chi connectivity index (χ3n) is 3.28. The summed E-state index contributed by atoms with van der Waals surface area (Å²) < 4.78 is 0. The van der Waals surface area contributed by atoms with E-state index in [2.05, 4.69) is 10.6 Å². The summed E-state index contributed by atoms with van der Waals surface area (Å²) in [6.45, 7) is 0.257. The van der Waals surface area contributed by atoms with Gasteiger partial charge >= 0.3 is 0 Å². The van der Waals surface area contributed by atoms with E-state index in [1.807, 2.05) is 18.2 Å². The fourth-order valence-electron chi connectivity index (χ4n) is 2.05. The predicted molar refractivity (Wildman–Crippen MR) is 97.6 cm³/mol. The minimum Gasteiger partial charge on any atom is -0.348 e. The van der Waals surface area contributed by atoms with Gasteiger partial charge in [-0.2, -0.15) is 5.26 Å². The molecule has 0 saturated carbocycles. The second-order valence-electron chi connectivity index (χ2n) is 5.14. The van der Waals surface area contributed by atoms with Crippen molar-refractivity contribution in [2.24, 2.45) is 0 Å². The Bertz CT molecular complexity index is 823. The molecule has 2 amide bonds. The van der Waals surface area contributed by atoms with E-state index in [0.29, 0.717) is 10.7 Å². The van der Waals surface area contributed by atoms with E-state index in [4.69, 9.17) is 16.9 Å². The molecule has 0 unspecified atom stereocenters. The molecule has 0 heterocycles. The number of hydrogen-bond acceptors (Lipinski definition) is 3. The molecular weight excluding hydrogens is 338 g/mol. The van der Waals surface area contributed by atoms with Crippen LogP contribution in [0.15, 0.2) is 54.6 Å². The lowest BCUT2D eigenvalue weighted by molar-refractivity contribution is -0.116. The Kier molecular flexibility index (Phi) is 6.76. The Balaban J connectivity index is 1.94. The largest absolute Gasteiger partial charge is 0.348 e. The van der Waals surface area contributed by atoms with Crippen molar-refractivity contribution >= 4 is 35.2 Å². The maximum Gasteiger partial charge on any atom is 0.244 e. The van der Waals surface area contributed by atoms with Crippen molar-refractivity contribution in [3.63, 3.8) is 0 Å². The van der Waals surface area contributed by atoms with Crippen LogP contribution >= 0.6 is 11.6 Å². The molecule has 6 heteroatoms. The van der Waals surface area contributed by atoms with Crippen molar-refractivity contribution in [1.82, 2.24) is 5.32 Å². The lowest BCUT2D eigenvalue weighted by Gasteiger charge is -2.10. The smallest absolute Gasteiger partial charge is 0.244 e. The summed E-state index contributed by atoms with van der Waals surface area (Å²) in [5.74, 6) is -0.642. The number of benzene rings is 2. The number of rotatable bonds is 6. The number of halogens is 1. The molecule has 0 aliphatic heterocycles. The monoisotopic (exact) mass is 353 g/mol. The van der Waals surface area contributed by atoms with Crippen LogP contribution in [0.5, 0.6) is 0 Å². The van der Waals surface area contributed by atoms with Gasteiger partial charge in [-0.25, -0.2) is 0 Å². The fourth-order valence-corrected chi connectivity index (χ4v) is 2.18. The molecule has 0 spiro atoms. The van der Waals surface area contributed by atoms with Crippen molar-refractivity contribution in [1.29, 1.82) is 5.26 Å². The first-order valence-electron chi connectivity index (χ1n) is 7.54. The van der Waals surface area contributed by atoms with E-state index >= 15 is 0 Å². The molecule has 2 rings (SSSR count). The number of para-hydroxylation sites is 1. The van der Waals surface area contributed by atoms with Crippen LogP contribution in [0.4, 0.5) is 5.69 Å². The molecule has 0 aliphatic carbocycles. The van der Waals surface area contributed by atoms with Crippen molar-refractivity contribution in [3.8, 4) is 6.07 Å². The molecule has 0 saturated heterocycles. The van der Waals surface area contributed by atoms with Crippen LogP contribution in [-0.2, 0) is 16.1 Å². The quantitative estimate of drug-likeness (QED) is 0.779. The Hall–Kier alpha value is -3.10. The highest BCUT2D eigenvalue weighted by atomic mass is 35.5. The summed E-state index contributed by atoms with van der Waals surface area (Å²) in [6, 6.07) is 16.0. The van der Waals surface area contributed by atoms with Crippen LogP contribution in [-0.4, -0.2) is 11.8 Å². The first-order chi connectivity index (χ1) is 12.1. The molecule has 2 N–H and O–H groups in total. The number of anilines is 1. The van der Waals surface area contributed by atoms with E-state index in [1.54, 1.807) is 42.5 Å². The zero-order valence-corrected chi connectivity index (χ0v) is 14.1. The number of nitriles is 1. The molecule has 2 aromatic carbocycles. The summed E-state index contributed by atoms with van der Waals surface area (Å²) in [6.07, 6.45) is 2.90. The third-order valence-corrected chi connectivity index (χ3v) is 3.53. The van der Waals surface area contributed by atoms with Crippen LogP contribution in [0.25, 0.3) is 6.08 Å². The molecule has 0 aliphatic rings. The number of carbonyl (C=O) groups is 2. The molecule has 0 radical (unpaired) electrons. The van der Waals surface area contributed by atoms with Gasteiger partial charge in [-0.3, -0.25) is 9.59 Å². The summed E-state index contributed by atoms with van der Waals surface area (Å²) in [5.41, 5.74) is 2.19. The van der Waals surface area contributed by atoms with Gasteiger partial charge in [0.1, 0.15) is 6.42 Å². The van der Waals surface area contributed by atoms with Crippen LogP contribution in [0, 0.1) is 11.3 Å². The summed E-state index contributed by atoms with van der Waals surface area (Å²) in [7, 11) is 0. The second-order valence-corrected chi connectivity index (χ2v) is 5.58. The van der Waals surface area contributed by atoms with Gasteiger partial charge < -0.3 is 10.6 Å². The van der Waals surface area contributed by atoms with Crippen molar-refractivity contribution in [3.05, 3.63) is 70.8 Å². The molecule has 126 valence electrons. The molecule has 0 aromatic heterocycles. The lowest BCUT2D eigenvalue weighted by atomic mass is 10.1. The van der Waals surface area contributed by atoms with Crippen molar-refractivity contribution < 1.29 is 9.59 Å². The fraction of sp³-hybridized carbons (Fsp3) is 0.105. The van der Waals surface area contributed by atoms with Gasteiger partial charge in [0, 0.05) is 23.3 Å². The zero-order valence-electron chi connectivity index (χ0n) is 13.3. The molecule has 5 nitrogen and oxygen atoms in total. The SMILES string of the molecule is N#CCC(=O)Nc1ccccc1CNC(=O)/C=C/c1ccc(Cl)cc1. The molecule has 25 heavy (non-hydrogen) atoms. The Morgan fingerprint density at radius 2 is 1.84 bits per heavy atom. The van der Waals surface area contributed by atoms with E-state index in [1.165, 1.54) is 6.08 Å². The van der Waals surface area contributed by atoms with E-state index in [0.717, 1.165) is 11.1 Å². The Morgan fingerprint density at radius 1 is 1.12 bits per heavy atom. The first-order valence-corrected chi connectivity index (χ1v) is 7.92. The van der Waals surface area contributed by atoms with Gasteiger partial charge in [0.2, 0.25) is 11.8 Å². The maximum absolute atomic E-state index is 11.9. The molecular formula is C19H16ClN3O2. The number of hydrogen-bond donors (Lipinski definition) is 2. The Morgan fingerprint density at radius 3 is 2.56 bits per heavy atom. The maximum atomic E-state index is 11.9. The number of amides is 2. The van der Waals surface area contributed by atoms with Gasteiger partial charge in [0.15, 0.2) is 0 Å². The van der Waals surface area contributed by atoms with Crippen LogP contribution < -0.4 is 10.6 Å². The van der Waals surface area contributed by atoms with Gasteiger partial charge in [-0.15, -0.1) is 0 Å². The molecule has 0 atom stereocenters. The molecule has 2 aromatic rings. The summed E-state index contributed by atoms with van der Waals surface area (Å²) >= 11 is 5.81.